The Balaban J connectivity index is 1.28. The molecule has 35 heavy (non-hydrogen) atoms. The van der Waals surface area contributed by atoms with Crippen LogP contribution in [0.25, 0.3) is 0 Å². The summed E-state index contributed by atoms with van der Waals surface area (Å²) < 4.78 is 42.8. The number of piperidine rings is 1. The van der Waals surface area contributed by atoms with Crippen LogP contribution in [0.4, 0.5) is 13.2 Å². The Hall–Kier alpha value is -2.35. The van der Waals surface area contributed by atoms with Gasteiger partial charge in [0.15, 0.2) is 0 Å². The van der Waals surface area contributed by atoms with E-state index in [9.17, 15) is 18.4 Å². The summed E-state index contributed by atoms with van der Waals surface area (Å²) in [6.45, 7) is 3.88. The van der Waals surface area contributed by atoms with Crippen molar-refractivity contribution < 1.29 is 22.8 Å². The number of allylic oxidation sites excluding steroid dienone is 1. The van der Waals surface area contributed by atoms with Crippen molar-refractivity contribution in [1.82, 2.24) is 15.5 Å². The van der Waals surface area contributed by atoms with Gasteiger partial charge in [-0.05, 0) is 62.5 Å². The Kier molecular flexibility index (Phi) is 6.68. The maximum Gasteiger partial charge on any atom is 0.255 e. The first-order valence-corrected chi connectivity index (χ1v) is 13.0. The first kappa shape index (κ1) is 24.3. The van der Waals surface area contributed by atoms with Crippen LogP contribution in [0, 0.1) is 11.7 Å². The third-order valence-corrected chi connectivity index (χ3v) is 8.40. The summed E-state index contributed by atoms with van der Waals surface area (Å²) in [5.74, 6) is -3.23. The third-order valence-electron chi connectivity index (χ3n) is 8.40. The highest BCUT2D eigenvalue weighted by atomic mass is 19.3. The molecule has 0 aromatic heterocycles. The molecule has 5 rings (SSSR count). The number of alkyl halides is 2. The molecule has 2 N–H and O–H groups in total. The van der Waals surface area contributed by atoms with E-state index in [1.807, 2.05) is 0 Å². The summed E-state index contributed by atoms with van der Waals surface area (Å²) in [5.41, 5.74) is 1.94. The van der Waals surface area contributed by atoms with Gasteiger partial charge in [0, 0.05) is 41.7 Å². The third kappa shape index (κ3) is 4.99. The molecule has 0 unspecified atom stereocenters. The van der Waals surface area contributed by atoms with Crippen LogP contribution in [-0.2, 0) is 17.8 Å². The van der Waals surface area contributed by atoms with Crippen LogP contribution in [-0.4, -0.2) is 40.8 Å². The van der Waals surface area contributed by atoms with Crippen molar-refractivity contribution in [2.24, 2.45) is 5.92 Å². The average molecular weight is 490 g/mol. The summed E-state index contributed by atoms with van der Waals surface area (Å²) in [6, 6.07) is 3.08. The molecule has 8 heteroatoms. The smallest absolute Gasteiger partial charge is 0.255 e. The molecule has 5 nitrogen and oxygen atoms in total. The Morgan fingerprint density at radius 3 is 2.57 bits per heavy atom. The number of carbonyl (C=O) groups is 2. The van der Waals surface area contributed by atoms with Gasteiger partial charge >= 0.3 is 0 Å². The number of benzene rings is 1. The Labute approximate surface area is 204 Å². The molecule has 4 aliphatic rings. The second-order valence-corrected chi connectivity index (χ2v) is 10.8. The molecule has 1 aromatic carbocycles. The number of hydrogen-bond acceptors (Lipinski definition) is 3. The minimum Gasteiger partial charge on any atom is -0.329 e. The predicted molar refractivity (Wildman–Crippen MR) is 126 cm³/mol. The van der Waals surface area contributed by atoms with E-state index in [1.54, 1.807) is 12.1 Å². The molecule has 0 spiro atoms. The van der Waals surface area contributed by atoms with Crippen molar-refractivity contribution in [2.75, 3.05) is 0 Å². The molecular formula is C27H34F3N3O2. The summed E-state index contributed by atoms with van der Waals surface area (Å²) in [5, 5.41) is 6.34. The van der Waals surface area contributed by atoms with E-state index in [4.69, 9.17) is 0 Å². The fourth-order valence-electron chi connectivity index (χ4n) is 6.35. The number of halogens is 3. The summed E-state index contributed by atoms with van der Waals surface area (Å²) >= 11 is 0. The van der Waals surface area contributed by atoms with Crippen LogP contribution in [0.5, 0.6) is 0 Å². The maximum atomic E-state index is 15.7. The van der Waals surface area contributed by atoms with Crippen LogP contribution in [0.2, 0.25) is 0 Å². The number of nitrogens with one attached hydrogen (secondary N) is 2. The normalized spacial score (nSPS) is 29.3. The van der Waals surface area contributed by atoms with E-state index in [-0.39, 0.29) is 55.0 Å². The molecular weight excluding hydrogens is 455 g/mol. The van der Waals surface area contributed by atoms with Crippen molar-refractivity contribution in [3.8, 4) is 0 Å². The van der Waals surface area contributed by atoms with Crippen LogP contribution >= 0.6 is 0 Å². The van der Waals surface area contributed by atoms with Crippen LogP contribution in [0.3, 0.4) is 0 Å². The van der Waals surface area contributed by atoms with Gasteiger partial charge in [-0.25, -0.2) is 13.2 Å². The van der Waals surface area contributed by atoms with Gasteiger partial charge in [-0.2, -0.15) is 0 Å². The highest BCUT2D eigenvalue weighted by Crippen LogP contribution is 2.36. The minimum atomic E-state index is -2.55. The number of fused-ring (bicyclic) bond motifs is 1. The van der Waals surface area contributed by atoms with Crippen molar-refractivity contribution in [1.29, 1.82) is 0 Å². The molecule has 1 saturated heterocycles. The molecule has 3 fully saturated rings. The highest BCUT2D eigenvalue weighted by Gasteiger charge is 2.40. The van der Waals surface area contributed by atoms with Gasteiger partial charge in [0.05, 0.1) is 6.54 Å². The van der Waals surface area contributed by atoms with Crippen LogP contribution in [0.1, 0.15) is 85.7 Å². The van der Waals surface area contributed by atoms with Gasteiger partial charge in [-0.1, -0.05) is 25.5 Å². The maximum absolute atomic E-state index is 15.7. The number of rotatable bonds is 5. The second kappa shape index (κ2) is 9.60. The van der Waals surface area contributed by atoms with Gasteiger partial charge in [-0.3, -0.25) is 9.59 Å². The zero-order valence-corrected chi connectivity index (χ0v) is 20.1. The van der Waals surface area contributed by atoms with Gasteiger partial charge in [-0.15, -0.1) is 0 Å². The quantitative estimate of drug-likeness (QED) is 0.622. The summed E-state index contributed by atoms with van der Waals surface area (Å²) in [7, 11) is 0. The molecule has 2 aliphatic heterocycles. The fourth-order valence-corrected chi connectivity index (χ4v) is 6.35. The predicted octanol–water partition coefficient (Wildman–Crippen LogP) is 4.84. The van der Waals surface area contributed by atoms with Crippen molar-refractivity contribution in [3.05, 3.63) is 46.9 Å². The van der Waals surface area contributed by atoms with E-state index in [0.717, 1.165) is 25.7 Å². The molecule has 0 bridgehead atoms. The lowest BCUT2D eigenvalue weighted by Crippen LogP contribution is -2.49. The Morgan fingerprint density at radius 2 is 1.83 bits per heavy atom. The van der Waals surface area contributed by atoms with Crippen LogP contribution < -0.4 is 10.6 Å². The van der Waals surface area contributed by atoms with E-state index >= 15 is 4.39 Å². The second-order valence-electron chi connectivity index (χ2n) is 10.8. The number of amides is 2. The van der Waals surface area contributed by atoms with Crippen molar-refractivity contribution >= 4 is 11.8 Å². The lowest BCUT2D eigenvalue weighted by Gasteiger charge is -2.38. The SMILES string of the molecule is C=C1CC[C@@H](N2Cc3c(ccc(C[C@H]4CCCC[C@@H]4NC4CCC(F)(F)CC4)c3F)C2=O)C(=O)N1. The van der Waals surface area contributed by atoms with Crippen LogP contribution in [0.15, 0.2) is 24.4 Å². The van der Waals surface area contributed by atoms with Crippen molar-refractivity contribution in [3.63, 3.8) is 0 Å². The molecule has 190 valence electrons. The molecule has 2 amide bonds. The number of hydrogen-bond donors (Lipinski definition) is 2. The van der Waals surface area contributed by atoms with E-state index < -0.39 is 12.0 Å². The zero-order chi connectivity index (χ0) is 24.7. The number of nitrogens with zero attached hydrogens (tertiary/aromatic N) is 1. The molecule has 0 radical (unpaired) electrons. The average Bonchev–Trinajstić information content (AvgIpc) is 3.15. The van der Waals surface area contributed by atoms with Gasteiger partial charge < -0.3 is 15.5 Å². The lowest BCUT2D eigenvalue weighted by atomic mass is 9.79. The van der Waals surface area contributed by atoms with E-state index in [2.05, 4.69) is 17.2 Å². The molecule has 2 saturated carbocycles. The summed E-state index contributed by atoms with van der Waals surface area (Å²) in [4.78, 5) is 26.9. The summed E-state index contributed by atoms with van der Waals surface area (Å²) in [6.07, 6.45) is 6.55. The first-order valence-electron chi connectivity index (χ1n) is 13.0. The Bertz CT molecular complexity index is 1020. The molecule has 2 heterocycles. The first-order chi connectivity index (χ1) is 16.7. The van der Waals surface area contributed by atoms with Crippen molar-refractivity contribution in [2.45, 2.75) is 101 Å². The molecule has 1 aromatic rings. The lowest BCUT2D eigenvalue weighted by molar-refractivity contribution is -0.126. The minimum absolute atomic E-state index is 0.0703. The van der Waals surface area contributed by atoms with E-state index in [0.29, 0.717) is 54.5 Å². The van der Waals surface area contributed by atoms with Gasteiger partial charge in [0.25, 0.3) is 5.91 Å². The molecule has 2 aliphatic carbocycles. The fraction of sp³-hybridized carbons (Fsp3) is 0.630. The van der Waals surface area contributed by atoms with Gasteiger partial charge in [0.2, 0.25) is 11.8 Å². The molecule has 3 atom stereocenters. The highest BCUT2D eigenvalue weighted by molar-refractivity contribution is 6.01. The monoisotopic (exact) mass is 489 g/mol. The largest absolute Gasteiger partial charge is 0.329 e. The zero-order valence-electron chi connectivity index (χ0n) is 20.1. The number of carbonyl (C=O) groups excluding carboxylic acids is 2. The Morgan fingerprint density at radius 1 is 1.09 bits per heavy atom. The van der Waals surface area contributed by atoms with E-state index in [1.165, 1.54) is 4.90 Å². The van der Waals surface area contributed by atoms with Gasteiger partial charge in [0.1, 0.15) is 11.9 Å². The topological polar surface area (TPSA) is 61.4 Å². The standard InChI is InChI=1S/C27H34F3N3O2/c1-16-6-9-23(25(34)31-16)33-15-21-20(26(33)35)8-7-18(24(21)28)14-17-4-2-3-5-22(17)32-19-10-12-27(29,30)13-11-19/h7-8,17,19,22-23,32H,1-6,9-15H2,(H,31,34)/t17-,22+,23-/m1/s1.